The number of alkyl carbamates (subject to hydrolysis) is 1. The van der Waals surface area contributed by atoms with Crippen LogP contribution in [0.4, 0.5) is 10.5 Å². The molecule has 2 aromatic heterocycles. The molecule has 18 nitrogen and oxygen atoms in total. The summed E-state index contributed by atoms with van der Waals surface area (Å²) in [6.45, 7) is 11.1. The van der Waals surface area contributed by atoms with E-state index in [0.717, 1.165) is 73.4 Å². The maximum Gasteiger partial charge on any atom is 0.407 e. The van der Waals surface area contributed by atoms with Crippen LogP contribution in [0.15, 0.2) is 60.8 Å². The number of aromatic carboxylic acids is 1. The zero-order valence-corrected chi connectivity index (χ0v) is 40.2. The summed E-state index contributed by atoms with van der Waals surface area (Å²) in [6, 6.07) is 11.3. The molecular weight excluding hydrogens is 887 g/mol. The maximum atomic E-state index is 12.9. The van der Waals surface area contributed by atoms with Crippen molar-refractivity contribution in [3.63, 3.8) is 0 Å². The molecule has 1 aliphatic heterocycles. The molecule has 2 unspecified atom stereocenters. The molecule has 368 valence electrons. The molecular formula is C51H63N7O11. The van der Waals surface area contributed by atoms with Crippen LogP contribution >= 0.6 is 0 Å². The fraction of sp³-hybridized carbons (Fsp3) is 0.510. The van der Waals surface area contributed by atoms with Crippen LogP contribution in [0.25, 0.3) is 11.1 Å². The molecule has 4 saturated carbocycles. The van der Waals surface area contributed by atoms with Crippen molar-refractivity contribution in [2.45, 2.75) is 117 Å². The summed E-state index contributed by atoms with van der Waals surface area (Å²) in [7, 11) is 1.53. The van der Waals surface area contributed by atoms with E-state index >= 15 is 0 Å². The van der Waals surface area contributed by atoms with Crippen molar-refractivity contribution in [3.05, 3.63) is 83.5 Å². The number of rotatable bonds is 21. The van der Waals surface area contributed by atoms with Gasteiger partial charge in [0.2, 0.25) is 17.7 Å². The van der Waals surface area contributed by atoms with Crippen LogP contribution in [-0.4, -0.2) is 105 Å². The molecule has 18 heteroatoms. The first-order valence-corrected chi connectivity index (χ1v) is 23.5. The molecule has 4 bridgehead atoms. The fourth-order valence-electron chi connectivity index (χ4n) is 12.2. The number of aromatic nitrogens is 2. The smallest absolute Gasteiger partial charge is 0.407 e. The SMILES string of the molecule is CNC(=O)Cc1ccc(-c2ccn(CC34CC5(C)CC(C)(C3)CC(OCCNC(=O)OCc3ccc(NC(=O)[C@H](C)CC(=O)[C@H](C)NC(=O)CCN6C(=O)C=CC6=O)cc3)(C5)C4)c2C)c(C(=O)O)n1. The minimum absolute atomic E-state index is 0.00220. The normalized spacial score (nSPS) is 24.2. The summed E-state index contributed by atoms with van der Waals surface area (Å²) < 4.78 is 14.5. The predicted molar refractivity (Wildman–Crippen MR) is 252 cm³/mol. The van der Waals surface area contributed by atoms with Crippen molar-refractivity contribution in [3.8, 4) is 11.1 Å². The Hall–Kier alpha value is -6.69. The van der Waals surface area contributed by atoms with Crippen molar-refractivity contribution >= 4 is 53.1 Å². The van der Waals surface area contributed by atoms with E-state index in [9.17, 15) is 43.5 Å². The van der Waals surface area contributed by atoms with Gasteiger partial charge in [0.1, 0.15) is 6.61 Å². The van der Waals surface area contributed by atoms with E-state index in [1.165, 1.54) is 14.0 Å². The lowest BCUT2D eigenvalue weighted by molar-refractivity contribution is -0.247. The van der Waals surface area contributed by atoms with Gasteiger partial charge in [-0.3, -0.25) is 33.7 Å². The third-order valence-electron chi connectivity index (χ3n) is 14.1. The lowest BCUT2D eigenvalue weighted by atomic mass is 9.39. The lowest BCUT2D eigenvalue weighted by Gasteiger charge is -2.69. The summed E-state index contributed by atoms with van der Waals surface area (Å²) in [5.74, 6) is -4.33. The Balaban J connectivity index is 0.855. The number of amides is 6. The van der Waals surface area contributed by atoms with Crippen molar-refractivity contribution in [2.24, 2.45) is 22.2 Å². The highest BCUT2D eigenvalue weighted by molar-refractivity contribution is 6.13. The molecule has 5 N–H and O–H groups in total. The van der Waals surface area contributed by atoms with Gasteiger partial charge >= 0.3 is 12.1 Å². The molecule has 6 amide bonds. The number of Topliss-reactive ketones (excluding diaryl/α,β-unsaturated/α-hetero) is 1. The molecule has 0 saturated heterocycles. The molecule has 4 atom stereocenters. The zero-order valence-electron chi connectivity index (χ0n) is 40.2. The van der Waals surface area contributed by atoms with E-state index in [-0.39, 0.29) is 78.2 Å². The zero-order chi connectivity index (χ0) is 49.9. The molecule has 69 heavy (non-hydrogen) atoms. The molecule has 4 aliphatic carbocycles. The van der Waals surface area contributed by atoms with Gasteiger partial charge in [-0.05, 0) is 98.4 Å². The predicted octanol–water partition coefficient (Wildman–Crippen LogP) is 5.26. The van der Waals surface area contributed by atoms with Crippen molar-refractivity contribution in [1.82, 2.24) is 30.4 Å². The van der Waals surface area contributed by atoms with Crippen LogP contribution in [0.5, 0.6) is 0 Å². The van der Waals surface area contributed by atoms with Crippen LogP contribution in [0.3, 0.4) is 0 Å². The molecule has 8 rings (SSSR count). The topological polar surface area (TPSA) is 244 Å². The highest BCUT2D eigenvalue weighted by Crippen LogP contribution is 2.72. The van der Waals surface area contributed by atoms with Crippen LogP contribution in [0.2, 0.25) is 0 Å². The van der Waals surface area contributed by atoms with Crippen molar-refractivity contribution in [2.75, 3.05) is 32.1 Å². The van der Waals surface area contributed by atoms with Gasteiger partial charge in [-0.2, -0.15) is 0 Å². The fourth-order valence-corrected chi connectivity index (χ4v) is 12.2. The van der Waals surface area contributed by atoms with Crippen molar-refractivity contribution < 1.29 is 52.9 Å². The number of hydrogen-bond acceptors (Lipinski definition) is 11. The molecule has 3 heterocycles. The summed E-state index contributed by atoms with van der Waals surface area (Å²) in [6.07, 6.45) is 9.41. The second-order valence-electron chi connectivity index (χ2n) is 20.5. The van der Waals surface area contributed by atoms with E-state index < -0.39 is 47.7 Å². The largest absolute Gasteiger partial charge is 0.476 e. The standard InChI is InChI=1S/C51H63N7O11/c1-31(21-39(59)32(2)54-40(60)16-19-58-42(62)13-14-43(58)63)45(64)56-35-9-7-34(8-10-35)23-68-47(67)53-17-20-69-51-27-48(4)24-49(5,28-51)26-50(25-48,29-51)30-57-18-15-37(33(57)3)38-12-11-36(22-41(61)52-6)55-44(38)46(65)66/h7-15,18,31-32H,16-17,19-30H2,1-6H3,(H,52,61)(H,53,67)(H,54,60)(H,56,64)(H,65,66)/t31-,32+,48?,49?,50?,51?/m1/s1. The lowest BCUT2D eigenvalue weighted by Crippen LogP contribution is -2.64. The second kappa shape index (κ2) is 20.1. The molecule has 3 aromatic rings. The van der Waals surface area contributed by atoms with E-state index in [0.29, 0.717) is 29.1 Å². The molecule has 0 spiro atoms. The molecule has 0 radical (unpaired) electrons. The Labute approximate surface area is 401 Å². The van der Waals surface area contributed by atoms with Crippen molar-refractivity contribution in [1.29, 1.82) is 0 Å². The van der Waals surface area contributed by atoms with Gasteiger partial charge in [-0.15, -0.1) is 0 Å². The summed E-state index contributed by atoms with van der Waals surface area (Å²) >= 11 is 0. The first-order valence-electron chi connectivity index (χ1n) is 23.5. The number of nitrogens with one attached hydrogen (secondary N) is 4. The Morgan fingerprint density at radius 3 is 2.19 bits per heavy atom. The van der Waals surface area contributed by atoms with Gasteiger partial charge in [0.15, 0.2) is 11.5 Å². The molecule has 4 fully saturated rings. The number of ether oxygens (including phenoxy) is 2. The minimum atomic E-state index is -1.15. The Bertz CT molecular complexity index is 2530. The highest BCUT2D eigenvalue weighted by atomic mass is 16.5. The maximum absolute atomic E-state index is 12.9. The number of carbonyl (C=O) groups excluding carboxylic acids is 7. The number of carbonyl (C=O) groups is 8. The number of ketones is 1. The third kappa shape index (κ3) is 11.8. The first kappa shape index (κ1) is 50.2. The van der Waals surface area contributed by atoms with Gasteiger partial charge in [-0.1, -0.05) is 39.0 Å². The van der Waals surface area contributed by atoms with Crippen LogP contribution in [0, 0.1) is 29.1 Å². The van der Waals surface area contributed by atoms with E-state index in [4.69, 9.17) is 9.47 Å². The number of pyridine rings is 1. The number of hydrogen-bond donors (Lipinski definition) is 5. The number of likely N-dealkylation sites (N-methyl/N-ethyl adjacent to an activating group) is 1. The Morgan fingerprint density at radius 2 is 1.54 bits per heavy atom. The number of anilines is 1. The van der Waals surface area contributed by atoms with Gasteiger partial charge < -0.3 is 40.4 Å². The van der Waals surface area contributed by atoms with E-state index in [1.807, 2.05) is 19.2 Å². The molecule has 1 aromatic carbocycles. The van der Waals surface area contributed by atoms with Gasteiger partial charge in [0.25, 0.3) is 11.8 Å². The minimum Gasteiger partial charge on any atom is -0.476 e. The summed E-state index contributed by atoms with van der Waals surface area (Å²) in [4.78, 5) is 104. The monoisotopic (exact) mass is 949 g/mol. The summed E-state index contributed by atoms with van der Waals surface area (Å²) in [5, 5.41) is 20.8. The second-order valence-corrected chi connectivity index (χ2v) is 20.5. The van der Waals surface area contributed by atoms with Gasteiger partial charge in [0.05, 0.1) is 30.4 Å². The van der Waals surface area contributed by atoms with Gasteiger partial charge in [-0.25, -0.2) is 14.6 Å². The third-order valence-corrected chi connectivity index (χ3v) is 14.1. The Kier molecular flexibility index (Phi) is 14.6. The van der Waals surface area contributed by atoms with Crippen LogP contribution in [0.1, 0.15) is 107 Å². The first-order chi connectivity index (χ1) is 32.6. The van der Waals surface area contributed by atoms with E-state index in [1.54, 1.807) is 43.3 Å². The summed E-state index contributed by atoms with van der Waals surface area (Å²) in [5.41, 5.74) is 3.50. The quantitative estimate of drug-likeness (QED) is 0.0679. The molecule has 5 aliphatic rings. The van der Waals surface area contributed by atoms with Gasteiger partial charge in [0, 0.05) is 86.3 Å². The van der Waals surface area contributed by atoms with E-state index in [2.05, 4.69) is 44.7 Å². The number of nitrogens with zero attached hydrogens (tertiary/aromatic N) is 3. The van der Waals surface area contributed by atoms with Crippen LogP contribution < -0.4 is 21.3 Å². The number of carboxylic acids is 1. The number of imide groups is 1. The van der Waals surface area contributed by atoms with Crippen LogP contribution in [-0.2, 0) is 57.8 Å². The number of carboxylic acid groups (broad SMARTS) is 1. The highest BCUT2D eigenvalue weighted by Gasteiger charge is 2.66. The Morgan fingerprint density at radius 1 is 0.855 bits per heavy atom. The average molecular weight is 950 g/mol. The average Bonchev–Trinajstić information content (AvgIpc) is 3.80. The number of benzene rings is 1.